The molecule has 0 aliphatic carbocycles. The molecule has 0 bridgehead atoms. The van der Waals surface area contributed by atoms with Gasteiger partial charge in [0, 0.05) is 24.2 Å². The molecular weight excluding hydrogens is 646 g/mol. The van der Waals surface area contributed by atoms with Crippen molar-refractivity contribution in [1.29, 1.82) is 0 Å². The Hall–Kier alpha value is -3.77. The fourth-order valence-corrected chi connectivity index (χ4v) is 6.67. The lowest BCUT2D eigenvalue weighted by Crippen LogP contribution is -2.44. The van der Waals surface area contributed by atoms with Gasteiger partial charge in [-0.3, -0.25) is 14.4 Å². The average molecular weight is 702 g/mol. The molecule has 2 amide bonds. The van der Waals surface area contributed by atoms with E-state index in [4.69, 9.17) is 5.11 Å². The first-order valence-corrected chi connectivity index (χ1v) is 19.2. The summed E-state index contributed by atoms with van der Waals surface area (Å²) in [7, 11) is -3.03. The van der Waals surface area contributed by atoms with E-state index in [9.17, 15) is 27.6 Å². The summed E-state index contributed by atoms with van der Waals surface area (Å²) in [6, 6.07) is 9.97. The normalized spacial score (nSPS) is 11.9. The minimum Gasteiger partial charge on any atom is -0.481 e. The maximum Gasteiger partial charge on any atom is 0.337 e. The molecule has 0 saturated heterocycles. The van der Waals surface area contributed by atoms with Gasteiger partial charge in [0.2, 0.25) is 21.8 Å². The van der Waals surface area contributed by atoms with Gasteiger partial charge in [-0.2, -0.15) is 4.72 Å². The van der Waals surface area contributed by atoms with E-state index in [0.29, 0.717) is 12.1 Å². The van der Waals surface area contributed by atoms with Crippen molar-refractivity contribution < 1.29 is 37.4 Å². The first kappa shape index (κ1) is 41.4. The zero-order valence-corrected chi connectivity index (χ0v) is 30.0. The molecule has 2 aromatic rings. The number of carbonyl (C=O) groups is 4. The lowest BCUT2D eigenvalue weighted by atomic mass is 10.0. The van der Waals surface area contributed by atoms with E-state index >= 15 is 0 Å². The molecule has 1 atom stereocenters. The van der Waals surface area contributed by atoms with Crippen LogP contribution in [-0.2, 0) is 29.1 Å². The maximum atomic E-state index is 13.1. The van der Waals surface area contributed by atoms with E-state index in [1.807, 2.05) is 0 Å². The summed E-state index contributed by atoms with van der Waals surface area (Å²) in [6.45, 7) is 2.25. The summed E-state index contributed by atoms with van der Waals surface area (Å²) in [5.41, 5.74) is 0.817. The van der Waals surface area contributed by atoms with Crippen LogP contribution in [0.2, 0.25) is 0 Å². The molecule has 49 heavy (non-hydrogen) atoms. The highest BCUT2D eigenvalue weighted by atomic mass is 32.2. The zero-order chi connectivity index (χ0) is 35.9. The van der Waals surface area contributed by atoms with Crippen molar-refractivity contribution in [2.75, 3.05) is 17.7 Å². The Morgan fingerprint density at radius 3 is 1.80 bits per heavy atom. The lowest BCUT2D eigenvalue weighted by molar-refractivity contribution is -0.137. The number of anilines is 2. The second kappa shape index (κ2) is 23.6. The number of unbranched alkanes of at least 4 members (excludes halogenated alkanes) is 14. The molecule has 0 aromatic heterocycles. The fraction of sp³-hybridized carbons (Fsp3) is 0.568. The number of aliphatic carboxylic acids is 1. The Bertz CT molecular complexity index is 1410. The van der Waals surface area contributed by atoms with Crippen molar-refractivity contribution in [3.63, 3.8) is 0 Å². The van der Waals surface area contributed by atoms with Gasteiger partial charge in [-0.05, 0) is 55.3 Å². The average Bonchev–Trinajstić information content (AvgIpc) is 3.08. The fourth-order valence-electron chi connectivity index (χ4n) is 5.44. The van der Waals surface area contributed by atoms with Gasteiger partial charge >= 0.3 is 11.9 Å². The third-order valence-electron chi connectivity index (χ3n) is 8.27. The minimum absolute atomic E-state index is 0.148. The van der Waals surface area contributed by atoms with E-state index < -0.39 is 40.3 Å². The summed E-state index contributed by atoms with van der Waals surface area (Å²) >= 11 is 0. The third kappa shape index (κ3) is 17.5. The Morgan fingerprint density at radius 2 is 1.27 bits per heavy atom. The summed E-state index contributed by atoms with van der Waals surface area (Å²) in [5, 5.41) is 14.5. The zero-order valence-electron chi connectivity index (χ0n) is 29.1. The lowest BCUT2D eigenvalue weighted by Gasteiger charge is -2.18. The Labute approximate surface area is 292 Å². The number of rotatable bonds is 26. The van der Waals surface area contributed by atoms with Gasteiger partial charge in [0.25, 0.3) is 0 Å². The molecule has 12 heteroatoms. The van der Waals surface area contributed by atoms with Gasteiger partial charge in [0.05, 0.1) is 17.6 Å². The van der Waals surface area contributed by atoms with E-state index in [2.05, 4.69) is 27.0 Å². The second-order valence-electron chi connectivity index (χ2n) is 12.4. The third-order valence-corrected chi connectivity index (χ3v) is 9.76. The quantitative estimate of drug-likeness (QED) is 0.0569. The summed E-state index contributed by atoms with van der Waals surface area (Å²) in [4.78, 5) is 48.3. The van der Waals surface area contributed by atoms with Crippen LogP contribution in [0, 0.1) is 0 Å². The second-order valence-corrected chi connectivity index (χ2v) is 14.2. The summed E-state index contributed by atoms with van der Waals surface area (Å²) in [5.74, 6) is -2.77. The predicted molar refractivity (Wildman–Crippen MR) is 192 cm³/mol. The van der Waals surface area contributed by atoms with Crippen molar-refractivity contribution in [2.45, 2.75) is 133 Å². The van der Waals surface area contributed by atoms with Crippen LogP contribution in [0.1, 0.15) is 133 Å². The van der Waals surface area contributed by atoms with E-state index in [0.717, 1.165) is 19.3 Å². The van der Waals surface area contributed by atoms with Crippen LogP contribution in [0.15, 0.2) is 53.4 Å². The van der Waals surface area contributed by atoms with E-state index in [1.165, 1.54) is 133 Å². The molecule has 0 spiro atoms. The SMILES string of the molecule is CCCCCCCCCCCCCCCCCC(=O)Nc1ccc(S(=O)(=O)N[C@H](CCC(=O)O)C(=O)Nc2cccc(C(=O)OC)c2)cc1. The minimum atomic E-state index is -4.24. The highest BCUT2D eigenvalue weighted by molar-refractivity contribution is 7.89. The van der Waals surface area contributed by atoms with Crippen LogP contribution in [0.4, 0.5) is 11.4 Å². The number of methoxy groups -OCH3 is 1. The largest absolute Gasteiger partial charge is 0.481 e. The van der Waals surface area contributed by atoms with E-state index in [1.54, 1.807) is 0 Å². The number of amides is 2. The van der Waals surface area contributed by atoms with Gasteiger partial charge in [-0.15, -0.1) is 0 Å². The van der Waals surface area contributed by atoms with Crippen LogP contribution in [0.3, 0.4) is 0 Å². The number of carboxylic acids is 1. The molecule has 272 valence electrons. The predicted octanol–water partition coefficient (Wildman–Crippen LogP) is 7.82. The van der Waals surface area contributed by atoms with Crippen molar-refractivity contribution in [3.8, 4) is 0 Å². The van der Waals surface area contributed by atoms with Crippen LogP contribution in [0.25, 0.3) is 0 Å². The molecule has 0 radical (unpaired) electrons. The van der Waals surface area contributed by atoms with Crippen LogP contribution in [-0.4, -0.2) is 50.4 Å². The number of benzene rings is 2. The van der Waals surface area contributed by atoms with E-state index in [-0.39, 0.29) is 28.5 Å². The molecule has 0 aliphatic heterocycles. The van der Waals surface area contributed by atoms with Crippen molar-refractivity contribution in [2.24, 2.45) is 0 Å². The molecule has 0 unspecified atom stereocenters. The Balaban J connectivity index is 1.75. The number of hydrogen-bond acceptors (Lipinski definition) is 7. The summed E-state index contributed by atoms with van der Waals surface area (Å²) in [6.07, 6.45) is 18.3. The first-order valence-electron chi connectivity index (χ1n) is 17.7. The van der Waals surface area contributed by atoms with Gasteiger partial charge in [0.1, 0.15) is 6.04 Å². The smallest absolute Gasteiger partial charge is 0.337 e. The highest BCUT2D eigenvalue weighted by Gasteiger charge is 2.27. The highest BCUT2D eigenvalue weighted by Crippen LogP contribution is 2.18. The van der Waals surface area contributed by atoms with Crippen LogP contribution < -0.4 is 15.4 Å². The molecule has 0 saturated carbocycles. The molecule has 2 rings (SSSR count). The molecule has 11 nitrogen and oxygen atoms in total. The van der Waals surface area contributed by atoms with Crippen LogP contribution >= 0.6 is 0 Å². The monoisotopic (exact) mass is 701 g/mol. The molecular formula is C37H55N3O8S. The van der Waals surface area contributed by atoms with Crippen molar-refractivity contribution in [1.82, 2.24) is 4.72 Å². The summed E-state index contributed by atoms with van der Waals surface area (Å²) < 4.78 is 33.2. The van der Waals surface area contributed by atoms with Gasteiger partial charge in [-0.1, -0.05) is 103 Å². The number of esters is 1. The Kier molecular flexibility index (Phi) is 19.9. The van der Waals surface area contributed by atoms with Gasteiger partial charge < -0.3 is 20.5 Å². The van der Waals surface area contributed by atoms with Crippen molar-refractivity contribution in [3.05, 3.63) is 54.1 Å². The van der Waals surface area contributed by atoms with Gasteiger partial charge in [0.15, 0.2) is 0 Å². The number of hydrogen-bond donors (Lipinski definition) is 4. The molecule has 0 heterocycles. The molecule has 0 aliphatic rings. The number of carbonyl (C=O) groups excluding carboxylic acids is 3. The topological polar surface area (TPSA) is 168 Å². The number of sulfonamides is 1. The van der Waals surface area contributed by atoms with Gasteiger partial charge in [-0.25, -0.2) is 13.2 Å². The number of nitrogens with one attached hydrogen (secondary N) is 3. The first-order chi connectivity index (χ1) is 23.6. The Morgan fingerprint density at radius 1 is 0.714 bits per heavy atom. The number of carboxylic acid groups (broad SMARTS) is 1. The molecule has 0 fully saturated rings. The van der Waals surface area contributed by atoms with Crippen molar-refractivity contribution >= 4 is 45.2 Å². The number of ether oxygens (including phenoxy) is 1. The van der Waals surface area contributed by atoms with Crippen LogP contribution in [0.5, 0.6) is 0 Å². The molecule has 4 N–H and O–H groups in total. The molecule has 2 aromatic carbocycles. The standard InChI is InChI=1S/C37H55N3O8S/c1-3-4-5-6-7-8-9-10-11-12-13-14-15-16-17-21-34(41)38-30-22-24-32(25-23-30)49(46,47)40-33(26-27-35(42)43)36(44)39-31-20-18-19-29(28-31)37(45)48-2/h18-20,22-25,28,33,40H,3-17,21,26-27H2,1-2H3,(H,38,41)(H,39,44)(H,42,43)/t33-/m1/s1. The maximum absolute atomic E-state index is 13.1.